The number of benzene rings is 1. The van der Waals surface area contributed by atoms with Crippen molar-refractivity contribution in [3.8, 4) is 0 Å². The van der Waals surface area contributed by atoms with Crippen molar-refractivity contribution in [2.45, 2.75) is 6.92 Å². The fourth-order valence-corrected chi connectivity index (χ4v) is 2.23. The van der Waals surface area contributed by atoms with E-state index in [1.807, 2.05) is 18.2 Å². The van der Waals surface area contributed by atoms with Crippen LogP contribution in [0.1, 0.15) is 17.3 Å². The summed E-state index contributed by atoms with van der Waals surface area (Å²) < 4.78 is 6.25. The van der Waals surface area contributed by atoms with Gasteiger partial charge in [-0.2, -0.15) is 0 Å². The molecule has 0 N–H and O–H groups in total. The van der Waals surface area contributed by atoms with Gasteiger partial charge in [0, 0.05) is 28.8 Å². The van der Waals surface area contributed by atoms with Crippen molar-refractivity contribution in [1.29, 1.82) is 0 Å². The first-order chi connectivity index (χ1) is 7.68. The van der Waals surface area contributed by atoms with E-state index >= 15 is 0 Å². The number of carbonyl (C=O) groups excluding carboxylic acids is 1. The van der Waals surface area contributed by atoms with Crippen LogP contribution < -0.4 is 4.90 Å². The van der Waals surface area contributed by atoms with Gasteiger partial charge < -0.3 is 9.64 Å². The lowest BCUT2D eigenvalue weighted by Gasteiger charge is -2.30. The van der Waals surface area contributed by atoms with Gasteiger partial charge in [0.15, 0.2) is 5.78 Å². The van der Waals surface area contributed by atoms with Crippen molar-refractivity contribution >= 4 is 27.4 Å². The zero-order valence-electron chi connectivity index (χ0n) is 9.20. The van der Waals surface area contributed by atoms with Gasteiger partial charge in [0.1, 0.15) is 0 Å². The second kappa shape index (κ2) is 4.97. The topological polar surface area (TPSA) is 29.5 Å². The molecule has 1 aromatic rings. The van der Waals surface area contributed by atoms with E-state index in [9.17, 15) is 4.79 Å². The molecule has 0 aromatic heterocycles. The summed E-state index contributed by atoms with van der Waals surface area (Å²) in [5.74, 6) is 0.0998. The first-order valence-corrected chi connectivity index (χ1v) is 6.11. The smallest absolute Gasteiger partial charge is 0.161 e. The van der Waals surface area contributed by atoms with Gasteiger partial charge in [-0.1, -0.05) is 15.9 Å². The highest BCUT2D eigenvalue weighted by Gasteiger charge is 2.16. The maximum absolute atomic E-state index is 11.6. The molecular formula is C12H14BrNO2. The summed E-state index contributed by atoms with van der Waals surface area (Å²) in [6, 6.07) is 5.84. The Bertz CT molecular complexity index is 400. The predicted molar refractivity (Wildman–Crippen MR) is 67.2 cm³/mol. The molecule has 0 spiro atoms. The Morgan fingerprint density at radius 3 is 2.69 bits per heavy atom. The Morgan fingerprint density at radius 2 is 2.06 bits per heavy atom. The summed E-state index contributed by atoms with van der Waals surface area (Å²) in [5, 5.41) is 0. The molecule has 4 heteroatoms. The summed E-state index contributed by atoms with van der Waals surface area (Å²) in [5.41, 5.74) is 1.79. The van der Waals surface area contributed by atoms with E-state index in [1.165, 1.54) is 0 Å². The monoisotopic (exact) mass is 283 g/mol. The maximum Gasteiger partial charge on any atom is 0.161 e. The summed E-state index contributed by atoms with van der Waals surface area (Å²) >= 11 is 3.39. The van der Waals surface area contributed by atoms with Gasteiger partial charge >= 0.3 is 0 Å². The minimum atomic E-state index is 0.0998. The third kappa shape index (κ3) is 2.44. The van der Waals surface area contributed by atoms with Crippen molar-refractivity contribution in [3.63, 3.8) is 0 Å². The van der Waals surface area contributed by atoms with E-state index in [-0.39, 0.29) is 5.78 Å². The van der Waals surface area contributed by atoms with Crippen LogP contribution in [-0.2, 0) is 4.74 Å². The third-order valence-electron chi connectivity index (χ3n) is 2.69. The second-order valence-electron chi connectivity index (χ2n) is 3.82. The number of morpholine rings is 1. The first-order valence-electron chi connectivity index (χ1n) is 5.31. The summed E-state index contributed by atoms with van der Waals surface area (Å²) in [4.78, 5) is 13.8. The van der Waals surface area contributed by atoms with Crippen LogP contribution in [0.3, 0.4) is 0 Å². The Labute approximate surface area is 104 Å². The molecule has 0 unspecified atom stereocenters. The van der Waals surface area contributed by atoms with Gasteiger partial charge in [0.25, 0.3) is 0 Å². The lowest BCUT2D eigenvalue weighted by molar-refractivity contribution is 0.101. The van der Waals surface area contributed by atoms with Crippen LogP contribution in [0.5, 0.6) is 0 Å². The molecule has 1 aliphatic heterocycles. The lowest BCUT2D eigenvalue weighted by Crippen LogP contribution is -2.37. The molecule has 1 aromatic carbocycles. The second-order valence-corrected chi connectivity index (χ2v) is 4.73. The zero-order valence-corrected chi connectivity index (χ0v) is 10.8. The normalized spacial score (nSPS) is 16.2. The molecule has 0 atom stereocenters. The molecule has 1 saturated heterocycles. The number of hydrogen-bond donors (Lipinski definition) is 0. The van der Waals surface area contributed by atoms with Gasteiger partial charge in [0.05, 0.1) is 13.2 Å². The number of anilines is 1. The molecule has 1 fully saturated rings. The van der Waals surface area contributed by atoms with Crippen molar-refractivity contribution in [1.82, 2.24) is 0 Å². The zero-order chi connectivity index (χ0) is 11.5. The highest BCUT2D eigenvalue weighted by Crippen LogP contribution is 2.25. The lowest BCUT2D eigenvalue weighted by atomic mass is 10.1. The van der Waals surface area contributed by atoms with Gasteiger partial charge in [-0.25, -0.2) is 0 Å². The standard InChI is InChI=1S/C12H14BrNO2/c1-9(15)11-8-10(13)2-3-12(11)14-4-6-16-7-5-14/h2-3,8H,4-7H2,1H3. The molecule has 0 bridgehead atoms. The Balaban J connectivity index is 2.34. The Morgan fingerprint density at radius 1 is 1.38 bits per heavy atom. The van der Waals surface area contributed by atoms with E-state index in [4.69, 9.17) is 4.74 Å². The third-order valence-corrected chi connectivity index (χ3v) is 3.18. The van der Waals surface area contributed by atoms with Crippen molar-refractivity contribution in [2.75, 3.05) is 31.2 Å². The van der Waals surface area contributed by atoms with E-state index in [2.05, 4.69) is 20.8 Å². The van der Waals surface area contributed by atoms with Crippen LogP contribution in [0.25, 0.3) is 0 Å². The molecular weight excluding hydrogens is 270 g/mol. The highest BCUT2D eigenvalue weighted by molar-refractivity contribution is 9.10. The van der Waals surface area contributed by atoms with E-state index < -0.39 is 0 Å². The van der Waals surface area contributed by atoms with Crippen LogP contribution in [0.2, 0.25) is 0 Å². The van der Waals surface area contributed by atoms with Crippen LogP contribution in [0, 0.1) is 0 Å². The highest BCUT2D eigenvalue weighted by atomic mass is 79.9. The van der Waals surface area contributed by atoms with E-state index in [1.54, 1.807) is 6.92 Å². The van der Waals surface area contributed by atoms with Crippen LogP contribution >= 0.6 is 15.9 Å². The predicted octanol–water partition coefficient (Wildman–Crippen LogP) is 2.49. The summed E-state index contributed by atoms with van der Waals surface area (Å²) in [6.45, 7) is 4.76. The molecule has 0 radical (unpaired) electrons. The number of rotatable bonds is 2. The molecule has 0 amide bonds. The molecule has 2 rings (SSSR count). The molecule has 1 aliphatic rings. The van der Waals surface area contributed by atoms with Crippen molar-refractivity contribution < 1.29 is 9.53 Å². The van der Waals surface area contributed by atoms with Crippen LogP contribution in [0.15, 0.2) is 22.7 Å². The molecule has 0 saturated carbocycles. The first kappa shape index (κ1) is 11.6. The SMILES string of the molecule is CC(=O)c1cc(Br)ccc1N1CCOCC1. The molecule has 3 nitrogen and oxygen atoms in total. The van der Waals surface area contributed by atoms with Crippen molar-refractivity contribution in [2.24, 2.45) is 0 Å². The minimum absolute atomic E-state index is 0.0998. The van der Waals surface area contributed by atoms with Crippen LogP contribution in [0.4, 0.5) is 5.69 Å². The number of ketones is 1. The minimum Gasteiger partial charge on any atom is -0.378 e. The molecule has 0 aliphatic carbocycles. The average molecular weight is 284 g/mol. The number of hydrogen-bond acceptors (Lipinski definition) is 3. The Hall–Kier alpha value is -0.870. The van der Waals surface area contributed by atoms with Gasteiger partial charge in [-0.15, -0.1) is 0 Å². The van der Waals surface area contributed by atoms with Gasteiger partial charge in [-0.05, 0) is 25.1 Å². The molecule has 86 valence electrons. The largest absolute Gasteiger partial charge is 0.378 e. The maximum atomic E-state index is 11.6. The number of halogens is 1. The quantitative estimate of drug-likeness (QED) is 0.781. The summed E-state index contributed by atoms with van der Waals surface area (Å²) in [6.07, 6.45) is 0. The Kier molecular flexibility index (Phi) is 3.61. The van der Waals surface area contributed by atoms with E-state index in [0.29, 0.717) is 0 Å². The average Bonchev–Trinajstić information content (AvgIpc) is 2.30. The molecule has 16 heavy (non-hydrogen) atoms. The van der Waals surface area contributed by atoms with Crippen LogP contribution in [-0.4, -0.2) is 32.1 Å². The summed E-state index contributed by atoms with van der Waals surface area (Å²) in [7, 11) is 0. The van der Waals surface area contributed by atoms with Gasteiger partial charge in [0.2, 0.25) is 0 Å². The number of nitrogens with zero attached hydrogens (tertiary/aromatic N) is 1. The fraction of sp³-hybridized carbons (Fsp3) is 0.417. The van der Waals surface area contributed by atoms with Crippen molar-refractivity contribution in [3.05, 3.63) is 28.2 Å². The number of Topliss-reactive ketones (excluding diaryl/α,β-unsaturated/α-hetero) is 1. The number of carbonyl (C=O) groups is 1. The molecule has 1 heterocycles. The van der Waals surface area contributed by atoms with Gasteiger partial charge in [-0.3, -0.25) is 4.79 Å². The van der Waals surface area contributed by atoms with E-state index in [0.717, 1.165) is 42.0 Å². The fourth-order valence-electron chi connectivity index (χ4n) is 1.87. The number of ether oxygens (including phenoxy) is 1.